The Morgan fingerprint density at radius 3 is 2.84 bits per heavy atom. The van der Waals surface area contributed by atoms with Gasteiger partial charge in [-0.2, -0.15) is 0 Å². The van der Waals surface area contributed by atoms with E-state index in [9.17, 15) is 4.79 Å². The number of esters is 1. The summed E-state index contributed by atoms with van der Waals surface area (Å²) in [5.41, 5.74) is 10.5. The van der Waals surface area contributed by atoms with Crippen molar-refractivity contribution in [3.05, 3.63) is 22.6 Å². The van der Waals surface area contributed by atoms with Crippen molar-refractivity contribution in [3.8, 4) is 0 Å². The minimum atomic E-state index is -0.0228. The van der Waals surface area contributed by atoms with Gasteiger partial charge in [-0.15, -0.1) is 0 Å². The lowest BCUT2D eigenvalue weighted by Crippen LogP contribution is -2.50. The highest BCUT2D eigenvalue weighted by Gasteiger charge is 2.60. The summed E-state index contributed by atoms with van der Waals surface area (Å²) in [6.07, 6.45) is 7.54. The number of nitrogens with zero attached hydrogens (tertiary/aromatic N) is 3. The molecule has 25 heavy (non-hydrogen) atoms. The third-order valence-corrected chi connectivity index (χ3v) is 8.46. The number of ether oxygens (including phenoxy) is 1. The lowest BCUT2D eigenvalue weighted by molar-refractivity contribution is -0.147. The first-order chi connectivity index (χ1) is 11.9. The smallest absolute Gasteiger partial charge is 0.309 e. The molecule has 136 valence electrons. The van der Waals surface area contributed by atoms with Crippen LogP contribution < -0.4 is 0 Å². The third kappa shape index (κ3) is 2.35. The van der Waals surface area contributed by atoms with E-state index in [-0.39, 0.29) is 28.8 Å². The molecule has 0 amide bonds. The SMILES string of the molecule is C=C1CC[C@H]2[C@H](CN=[N+]=[N-])[C@@H]([C@@]3(C)CC[C@H]4C[C@@H]3C(=O)O4)CC[C@]12C. The Labute approximate surface area is 149 Å². The zero-order valence-corrected chi connectivity index (χ0v) is 15.4. The van der Waals surface area contributed by atoms with E-state index in [1.54, 1.807) is 0 Å². The molecular formula is C20H29N3O2. The van der Waals surface area contributed by atoms with Crippen LogP contribution in [0.15, 0.2) is 17.3 Å². The molecule has 0 aromatic carbocycles. The van der Waals surface area contributed by atoms with Crippen molar-refractivity contribution in [3.63, 3.8) is 0 Å². The second-order valence-corrected chi connectivity index (χ2v) is 9.28. The third-order valence-electron chi connectivity index (χ3n) is 8.46. The molecule has 0 spiro atoms. The number of allylic oxidation sites excluding steroid dienone is 1. The zero-order chi connectivity index (χ0) is 17.8. The topological polar surface area (TPSA) is 75.1 Å². The highest BCUT2D eigenvalue weighted by molar-refractivity contribution is 5.76. The highest BCUT2D eigenvalue weighted by Crippen LogP contribution is 2.64. The zero-order valence-electron chi connectivity index (χ0n) is 15.4. The Bertz CT molecular complexity index is 655. The Kier molecular flexibility index (Phi) is 3.91. The van der Waals surface area contributed by atoms with Crippen molar-refractivity contribution in [2.24, 2.45) is 39.6 Å². The molecule has 4 fully saturated rings. The molecule has 4 rings (SSSR count). The Hall–Kier alpha value is -1.48. The number of azide groups is 1. The van der Waals surface area contributed by atoms with E-state index in [0.29, 0.717) is 24.3 Å². The van der Waals surface area contributed by atoms with Gasteiger partial charge in [-0.1, -0.05) is 31.1 Å². The van der Waals surface area contributed by atoms with Crippen LogP contribution in [0.3, 0.4) is 0 Å². The van der Waals surface area contributed by atoms with Crippen LogP contribution in [-0.2, 0) is 9.53 Å². The largest absolute Gasteiger partial charge is 0.462 e. The molecule has 0 aromatic rings. The predicted molar refractivity (Wildman–Crippen MR) is 95.5 cm³/mol. The van der Waals surface area contributed by atoms with E-state index in [2.05, 4.69) is 30.5 Å². The van der Waals surface area contributed by atoms with E-state index in [1.165, 1.54) is 5.57 Å². The van der Waals surface area contributed by atoms with Gasteiger partial charge in [0.2, 0.25) is 0 Å². The van der Waals surface area contributed by atoms with Crippen LogP contribution in [0.4, 0.5) is 0 Å². The second-order valence-electron chi connectivity index (χ2n) is 9.28. The summed E-state index contributed by atoms with van der Waals surface area (Å²) in [6, 6.07) is 0. The van der Waals surface area contributed by atoms with E-state index in [1.807, 2.05) is 0 Å². The summed E-state index contributed by atoms with van der Waals surface area (Å²) in [7, 11) is 0. The molecule has 1 heterocycles. The molecule has 3 aliphatic carbocycles. The monoisotopic (exact) mass is 343 g/mol. The first kappa shape index (κ1) is 17.0. The normalized spacial score (nSPS) is 48.6. The number of carbonyl (C=O) groups is 1. The quantitative estimate of drug-likeness (QED) is 0.237. The molecule has 0 N–H and O–H groups in total. The molecule has 1 saturated heterocycles. The van der Waals surface area contributed by atoms with Crippen LogP contribution in [0.2, 0.25) is 0 Å². The van der Waals surface area contributed by atoms with Gasteiger partial charge >= 0.3 is 5.97 Å². The molecule has 5 heteroatoms. The van der Waals surface area contributed by atoms with Crippen molar-refractivity contribution >= 4 is 5.97 Å². The Morgan fingerprint density at radius 1 is 1.28 bits per heavy atom. The summed E-state index contributed by atoms with van der Waals surface area (Å²) in [5.74, 6) is 1.34. The fourth-order valence-corrected chi connectivity index (χ4v) is 6.86. The van der Waals surface area contributed by atoms with Crippen LogP contribution in [0, 0.1) is 34.5 Å². The summed E-state index contributed by atoms with van der Waals surface area (Å²) in [4.78, 5) is 15.5. The number of hydrogen-bond donors (Lipinski definition) is 0. The molecule has 7 atom stereocenters. The van der Waals surface area contributed by atoms with Gasteiger partial charge in [-0.3, -0.25) is 4.79 Å². The average molecular weight is 343 g/mol. The minimum Gasteiger partial charge on any atom is -0.462 e. The van der Waals surface area contributed by atoms with Crippen molar-refractivity contribution < 1.29 is 9.53 Å². The van der Waals surface area contributed by atoms with Crippen LogP contribution in [0.5, 0.6) is 0 Å². The van der Waals surface area contributed by atoms with Gasteiger partial charge in [0.15, 0.2) is 0 Å². The fraction of sp³-hybridized carbons (Fsp3) is 0.850. The molecule has 3 saturated carbocycles. The average Bonchev–Trinajstić information content (AvgIpc) is 3.08. The molecular weight excluding hydrogens is 314 g/mol. The maximum atomic E-state index is 12.5. The van der Waals surface area contributed by atoms with Crippen LogP contribution in [-0.4, -0.2) is 18.6 Å². The summed E-state index contributed by atoms with van der Waals surface area (Å²) < 4.78 is 5.58. The predicted octanol–water partition coefficient (Wildman–Crippen LogP) is 5.03. The van der Waals surface area contributed by atoms with Crippen LogP contribution in [0.25, 0.3) is 10.4 Å². The molecule has 5 nitrogen and oxygen atoms in total. The summed E-state index contributed by atoms with van der Waals surface area (Å²) >= 11 is 0. The second kappa shape index (κ2) is 5.77. The molecule has 1 aliphatic heterocycles. The van der Waals surface area contributed by atoms with Crippen LogP contribution >= 0.6 is 0 Å². The first-order valence-electron chi connectivity index (χ1n) is 9.80. The summed E-state index contributed by atoms with van der Waals surface area (Å²) in [5, 5.41) is 4.00. The van der Waals surface area contributed by atoms with Crippen molar-refractivity contribution in [1.29, 1.82) is 0 Å². The van der Waals surface area contributed by atoms with Crippen LogP contribution in [0.1, 0.15) is 58.8 Å². The van der Waals surface area contributed by atoms with E-state index in [0.717, 1.165) is 44.9 Å². The highest BCUT2D eigenvalue weighted by atomic mass is 16.6. The van der Waals surface area contributed by atoms with E-state index in [4.69, 9.17) is 10.3 Å². The van der Waals surface area contributed by atoms with Gasteiger partial charge < -0.3 is 4.74 Å². The number of hydrogen-bond acceptors (Lipinski definition) is 3. The van der Waals surface area contributed by atoms with Crippen molar-refractivity contribution in [1.82, 2.24) is 0 Å². The maximum absolute atomic E-state index is 12.5. The molecule has 0 radical (unpaired) electrons. The van der Waals surface area contributed by atoms with E-state index < -0.39 is 0 Å². The van der Waals surface area contributed by atoms with Crippen molar-refractivity contribution in [2.75, 3.05) is 6.54 Å². The maximum Gasteiger partial charge on any atom is 0.309 e. The standard InChI is InChI=1S/C20H29N3O2/c1-12-4-5-15-14(11-22-23-21)16(7-9-19(12,15)2)20(3)8-6-13-10-17(20)18(24)25-13/h13-17H,1,4-11H2,2-3H3/t13-,14-,15-,16-,17+,19+,20+/m0/s1. The van der Waals surface area contributed by atoms with Gasteiger partial charge in [-0.25, -0.2) is 0 Å². The van der Waals surface area contributed by atoms with E-state index >= 15 is 0 Å². The Balaban J connectivity index is 1.69. The lowest BCUT2D eigenvalue weighted by Gasteiger charge is -2.54. The minimum absolute atomic E-state index is 0.0108. The van der Waals surface area contributed by atoms with Gasteiger partial charge in [-0.05, 0) is 79.1 Å². The van der Waals surface area contributed by atoms with Crippen molar-refractivity contribution in [2.45, 2.75) is 64.9 Å². The fourth-order valence-electron chi connectivity index (χ4n) is 6.86. The number of fused-ring (bicyclic) bond motifs is 3. The van der Waals surface area contributed by atoms with Gasteiger partial charge in [0, 0.05) is 11.5 Å². The number of rotatable bonds is 3. The van der Waals surface area contributed by atoms with Gasteiger partial charge in [0.05, 0.1) is 5.92 Å². The molecule has 4 aliphatic rings. The Morgan fingerprint density at radius 2 is 2.08 bits per heavy atom. The molecule has 2 bridgehead atoms. The van der Waals surface area contributed by atoms with Gasteiger partial charge in [0.25, 0.3) is 0 Å². The number of carbonyl (C=O) groups excluding carboxylic acids is 1. The molecule has 0 aromatic heterocycles. The lowest BCUT2D eigenvalue weighted by atomic mass is 9.49. The van der Waals surface area contributed by atoms with Gasteiger partial charge in [0.1, 0.15) is 6.10 Å². The molecule has 0 unspecified atom stereocenters. The summed E-state index contributed by atoms with van der Waals surface area (Å²) in [6.45, 7) is 9.57. The first-order valence-corrected chi connectivity index (χ1v) is 9.80.